The zero-order chi connectivity index (χ0) is 17.9. The average molecular weight is 341 g/mol. The minimum Gasteiger partial charge on any atom is -0.490 e. The van der Waals surface area contributed by atoms with Crippen LogP contribution in [0.3, 0.4) is 0 Å². The highest BCUT2D eigenvalue weighted by atomic mass is 16.5. The molecular weight excluding hydrogens is 314 g/mol. The molecule has 0 saturated carbocycles. The fourth-order valence-electron chi connectivity index (χ4n) is 2.54. The van der Waals surface area contributed by atoms with Crippen LogP contribution in [0.25, 0.3) is 0 Å². The first-order valence-corrected chi connectivity index (χ1v) is 8.85. The number of aryl methyl sites for hydroxylation is 1. The minimum absolute atomic E-state index is 0.0872. The molecule has 0 aromatic heterocycles. The Morgan fingerprint density at radius 2 is 1.76 bits per heavy atom. The van der Waals surface area contributed by atoms with Gasteiger partial charge in [0, 0.05) is 12.6 Å². The molecule has 1 unspecified atom stereocenters. The van der Waals surface area contributed by atoms with Gasteiger partial charge < -0.3 is 14.8 Å². The summed E-state index contributed by atoms with van der Waals surface area (Å²) < 4.78 is 11.0. The van der Waals surface area contributed by atoms with E-state index in [4.69, 9.17) is 9.47 Å². The van der Waals surface area contributed by atoms with E-state index in [0.717, 1.165) is 12.8 Å². The molecule has 134 valence electrons. The second-order valence-corrected chi connectivity index (χ2v) is 5.94. The third-order valence-corrected chi connectivity index (χ3v) is 3.91. The zero-order valence-electron chi connectivity index (χ0n) is 15.0. The van der Waals surface area contributed by atoms with Crippen LogP contribution in [0.5, 0.6) is 5.75 Å². The van der Waals surface area contributed by atoms with Crippen molar-refractivity contribution in [2.45, 2.75) is 32.7 Å². The number of hydrogen-bond acceptors (Lipinski definition) is 3. The Labute approximate surface area is 150 Å². The summed E-state index contributed by atoms with van der Waals surface area (Å²) in [7, 11) is 0. The molecule has 0 fully saturated rings. The summed E-state index contributed by atoms with van der Waals surface area (Å²) in [5, 5.41) is 3.06. The van der Waals surface area contributed by atoms with Gasteiger partial charge in [0.25, 0.3) is 5.91 Å². The summed E-state index contributed by atoms with van der Waals surface area (Å²) in [6, 6.07) is 17.7. The molecule has 0 aliphatic rings. The molecule has 1 atom stereocenters. The van der Waals surface area contributed by atoms with Crippen LogP contribution in [0, 0.1) is 0 Å². The average Bonchev–Trinajstić information content (AvgIpc) is 2.65. The molecule has 0 radical (unpaired) electrons. The summed E-state index contributed by atoms with van der Waals surface area (Å²) in [6.45, 7) is 5.57. The first-order chi connectivity index (χ1) is 12.2. The number of hydrogen-bond donors (Lipinski definition) is 1. The number of nitrogens with one attached hydrogen (secondary N) is 1. The summed E-state index contributed by atoms with van der Waals surface area (Å²) in [5.41, 5.74) is 1.84. The number of para-hydroxylation sites is 1. The third-order valence-electron chi connectivity index (χ3n) is 3.91. The lowest BCUT2D eigenvalue weighted by atomic mass is 10.1. The summed E-state index contributed by atoms with van der Waals surface area (Å²) >= 11 is 0. The predicted molar refractivity (Wildman–Crippen MR) is 100 cm³/mol. The van der Waals surface area contributed by atoms with Gasteiger partial charge in [-0.25, -0.2) is 0 Å². The van der Waals surface area contributed by atoms with E-state index in [0.29, 0.717) is 31.1 Å². The van der Waals surface area contributed by atoms with Gasteiger partial charge in [-0.3, -0.25) is 4.79 Å². The van der Waals surface area contributed by atoms with Crippen molar-refractivity contribution in [3.8, 4) is 5.75 Å². The molecule has 2 aromatic rings. The number of amides is 1. The number of benzene rings is 2. The molecule has 0 spiro atoms. The van der Waals surface area contributed by atoms with Crippen LogP contribution in [0.4, 0.5) is 0 Å². The maximum atomic E-state index is 12.6. The van der Waals surface area contributed by atoms with E-state index in [1.165, 1.54) is 5.56 Å². The highest BCUT2D eigenvalue weighted by molar-refractivity contribution is 5.97. The summed E-state index contributed by atoms with van der Waals surface area (Å²) in [4.78, 5) is 12.6. The van der Waals surface area contributed by atoms with Gasteiger partial charge in [-0.05, 0) is 44.4 Å². The molecule has 25 heavy (non-hydrogen) atoms. The zero-order valence-corrected chi connectivity index (χ0v) is 15.0. The van der Waals surface area contributed by atoms with Crippen molar-refractivity contribution in [3.63, 3.8) is 0 Å². The van der Waals surface area contributed by atoms with Crippen molar-refractivity contribution >= 4 is 5.91 Å². The van der Waals surface area contributed by atoms with Crippen molar-refractivity contribution in [3.05, 3.63) is 65.7 Å². The molecule has 1 N–H and O–H groups in total. The Morgan fingerprint density at radius 1 is 1.04 bits per heavy atom. The molecule has 1 amide bonds. The third kappa shape index (κ3) is 6.59. The largest absolute Gasteiger partial charge is 0.490 e. The van der Waals surface area contributed by atoms with E-state index in [9.17, 15) is 4.79 Å². The van der Waals surface area contributed by atoms with Crippen molar-refractivity contribution in [1.82, 2.24) is 5.32 Å². The van der Waals surface area contributed by atoms with Gasteiger partial charge in [0.2, 0.25) is 0 Å². The van der Waals surface area contributed by atoms with Gasteiger partial charge in [0.05, 0.1) is 12.2 Å². The highest BCUT2D eigenvalue weighted by Gasteiger charge is 2.14. The summed E-state index contributed by atoms with van der Waals surface area (Å²) in [5.74, 6) is 0.488. The Kier molecular flexibility index (Phi) is 7.99. The number of rotatable bonds is 10. The molecule has 2 rings (SSSR count). The van der Waals surface area contributed by atoms with Gasteiger partial charge in [0.1, 0.15) is 12.4 Å². The van der Waals surface area contributed by atoms with Crippen LogP contribution in [-0.2, 0) is 11.2 Å². The van der Waals surface area contributed by atoms with Crippen molar-refractivity contribution < 1.29 is 14.3 Å². The molecule has 0 aliphatic heterocycles. The second kappa shape index (κ2) is 10.5. The van der Waals surface area contributed by atoms with Crippen molar-refractivity contribution in [1.29, 1.82) is 0 Å². The Balaban J connectivity index is 1.86. The smallest absolute Gasteiger partial charge is 0.255 e. The van der Waals surface area contributed by atoms with Gasteiger partial charge in [0.15, 0.2) is 0 Å². The van der Waals surface area contributed by atoms with Gasteiger partial charge in [-0.15, -0.1) is 0 Å². The molecule has 4 nitrogen and oxygen atoms in total. The van der Waals surface area contributed by atoms with E-state index in [-0.39, 0.29) is 11.9 Å². The maximum Gasteiger partial charge on any atom is 0.255 e. The van der Waals surface area contributed by atoms with Crippen molar-refractivity contribution in [2.75, 3.05) is 19.8 Å². The lowest BCUT2D eigenvalue weighted by Crippen LogP contribution is -2.33. The van der Waals surface area contributed by atoms with Crippen LogP contribution in [0.15, 0.2) is 54.6 Å². The van der Waals surface area contributed by atoms with Gasteiger partial charge in [-0.1, -0.05) is 42.5 Å². The monoisotopic (exact) mass is 341 g/mol. The van der Waals surface area contributed by atoms with Crippen LogP contribution in [-0.4, -0.2) is 31.8 Å². The maximum absolute atomic E-state index is 12.6. The normalized spacial score (nSPS) is 11.8. The van der Waals surface area contributed by atoms with E-state index in [1.807, 2.05) is 50.2 Å². The molecule has 4 heteroatoms. The number of ether oxygens (including phenoxy) is 2. The Hall–Kier alpha value is -2.33. The molecule has 0 heterocycles. The number of carbonyl (C=O) groups excluding carboxylic acids is 1. The van der Waals surface area contributed by atoms with E-state index in [2.05, 4.69) is 17.4 Å². The van der Waals surface area contributed by atoms with Crippen LogP contribution < -0.4 is 10.1 Å². The van der Waals surface area contributed by atoms with Gasteiger partial charge in [-0.2, -0.15) is 0 Å². The fraction of sp³-hybridized carbons (Fsp3) is 0.381. The first-order valence-electron chi connectivity index (χ1n) is 8.85. The van der Waals surface area contributed by atoms with Crippen molar-refractivity contribution in [2.24, 2.45) is 0 Å². The number of carbonyl (C=O) groups is 1. The second-order valence-electron chi connectivity index (χ2n) is 5.94. The Morgan fingerprint density at radius 3 is 2.52 bits per heavy atom. The lowest BCUT2D eigenvalue weighted by molar-refractivity contribution is 0.0922. The van der Waals surface area contributed by atoms with E-state index < -0.39 is 0 Å². The first kappa shape index (κ1) is 19.0. The van der Waals surface area contributed by atoms with E-state index >= 15 is 0 Å². The highest BCUT2D eigenvalue weighted by Crippen LogP contribution is 2.18. The van der Waals surface area contributed by atoms with Crippen LogP contribution in [0.2, 0.25) is 0 Å². The predicted octanol–water partition coefficient (Wildman–Crippen LogP) is 3.85. The quantitative estimate of drug-likeness (QED) is 0.668. The van der Waals surface area contributed by atoms with Crippen LogP contribution >= 0.6 is 0 Å². The van der Waals surface area contributed by atoms with Crippen LogP contribution in [0.1, 0.15) is 36.2 Å². The SMILES string of the molecule is CCOCCOc1ccccc1C(=O)NC(C)CCc1ccccc1. The van der Waals surface area contributed by atoms with Gasteiger partial charge >= 0.3 is 0 Å². The minimum atomic E-state index is -0.104. The Bertz CT molecular complexity index is 643. The molecule has 0 saturated heterocycles. The molecule has 2 aromatic carbocycles. The molecular formula is C21H27NO3. The standard InChI is InChI=1S/C21H27NO3/c1-3-24-15-16-25-20-12-8-7-11-19(20)21(23)22-17(2)13-14-18-9-5-4-6-10-18/h4-12,17H,3,13-16H2,1-2H3,(H,22,23). The fourth-order valence-corrected chi connectivity index (χ4v) is 2.54. The lowest BCUT2D eigenvalue weighted by Gasteiger charge is -2.16. The summed E-state index contributed by atoms with van der Waals surface area (Å²) in [6.07, 6.45) is 1.83. The molecule has 0 bridgehead atoms. The molecule has 0 aliphatic carbocycles. The van der Waals surface area contributed by atoms with E-state index in [1.54, 1.807) is 6.07 Å². The topological polar surface area (TPSA) is 47.6 Å².